The van der Waals surface area contributed by atoms with Gasteiger partial charge in [-0.3, -0.25) is 4.79 Å². The molecule has 5 nitrogen and oxygen atoms in total. The van der Waals surface area contributed by atoms with Crippen molar-refractivity contribution < 1.29 is 19.2 Å². The Labute approximate surface area is 162 Å². The Balaban J connectivity index is 2.28. The molecule has 1 amide bonds. The molecule has 0 aromatic heterocycles. The van der Waals surface area contributed by atoms with E-state index in [0.717, 1.165) is 23.1 Å². The average molecular weight is 420 g/mol. The summed E-state index contributed by atoms with van der Waals surface area (Å²) in [6, 6.07) is 12.4. The van der Waals surface area contributed by atoms with Gasteiger partial charge in [0.15, 0.2) is 0 Å². The number of hydrogen-bond donors (Lipinski definition) is 2. The lowest BCUT2D eigenvalue weighted by Gasteiger charge is -2.18. The van der Waals surface area contributed by atoms with Crippen LogP contribution in [0.4, 0.5) is 5.69 Å². The number of ether oxygens (including phenoxy) is 1. The zero-order valence-corrected chi connectivity index (χ0v) is 16.9. The zero-order chi connectivity index (χ0) is 19.1. The molecular formula is C20H24BrN2O3+. The van der Waals surface area contributed by atoms with Gasteiger partial charge in [0.05, 0.1) is 24.2 Å². The molecule has 0 aliphatic heterocycles. The highest BCUT2D eigenvalue weighted by atomic mass is 79.9. The quantitative estimate of drug-likeness (QED) is 0.535. The van der Waals surface area contributed by atoms with Crippen LogP contribution in [0.2, 0.25) is 0 Å². The van der Waals surface area contributed by atoms with E-state index < -0.39 is 5.97 Å². The second-order valence-electron chi connectivity index (χ2n) is 6.03. The maximum Gasteiger partial charge on any atom is 0.343 e. The lowest BCUT2D eigenvalue weighted by molar-refractivity contribution is -0.910. The van der Waals surface area contributed by atoms with E-state index in [1.807, 2.05) is 6.07 Å². The molecule has 6 heteroatoms. The van der Waals surface area contributed by atoms with E-state index in [1.165, 1.54) is 11.8 Å². The molecule has 0 bridgehead atoms. The summed E-state index contributed by atoms with van der Waals surface area (Å²) >= 11 is 3.35. The summed E-state index contributed by atoms with van der Waals surface area (Å²) in [5, 5.41) is 2.78. The third kappa shape index (κ3) is 5.68. The van der Waals surface area contributed by atoms with Crippen LogP contribution in [-0.4, -0.2) is 25.0 Å². The van der Waals surface area contributed by atoms with Gasteiger partial charge in [0.2, 0.25) is 5.91 Å². The third-order valence-electron chi connectivity index (χ3n) is 4.10. The molecule has 2 rings (SSSR count). The van der Waals surface area contributed by atoms with Crippen molar-refractivity contribution in [1.82, 2.24) is 0 Å². The molecule has 26 heavy (non-hydrogen) atoms. The topological polar surface area (TPSA) is 59.8 Å². The summed E-state index contributed by atoms with van der Waals surface area (Å²) < 4.78 is 6.54. The van der Waals surface area contributed by atoms with E-state index in [1.54, 1.807) is 36.4 Å². The van der Waals surface area contributed by atoms with Crippen LogP contribution in [0.5, 0.6) is 5.75 Å². The van der Waals surface area contributed by atoms with Gasteiger partial charge in [-0.05, 0) is 56.3 Å². The third-order valence-corrected chi connectivity index (χ3v) is 4.63. The standard InChI is InChI=1S/C20H23BrN2O3/c1-4-23(5-2)13-16-12-18(22-14(3)24)10-11-19(16)26-20(25)15-6-8-17(21)9-7-15/h6-12H,4-5,13H2,1-3H3,(H,22,24)/p+1. The van der Waals surface area contributed by atoms with Gasteiger partial charge < -0.3 is 15.0 Å². The molecular weight excluding hydrogens is 396 g/mol. The minimum atomic E-state index is -0.402. The van der Waals surface area contributed by atoms with Crippen molar-refractivity contribution in [2.45, 2.75) is 27.3 Å². The minimum absolute atomic E-state index is 0.134. The van der Waals surface area contributed by atoms with Crippen LogP contribution in [-0.2, 0) is 11.3 Å². The number of nitrogens with one attached hydrogen (secondary N) is 2. The summed E-state index contributed by atoms with van der Waals surface area (Å²) in [6.07, 6.45) is 0. The predicted molar refractivity (Wildman–Crippen MR) is 106 cm³/mol. The highest BCUT2D eigenvalue weighted by Crippen LogP contribution is 2.24. The number of carbonyl (C=O) groups is 2. The summed E-state index contributed by atoms with van der Waals surface area (Å²) in [5.74, 6) is -0.0160. The number of anilines is 1. The van der Waals surface area contributed by atoms with Gasteiger partial charge in [0.25, 0.3) is 0 Å². The van der Waals surface area contributed by atoms with E-state index in [-0.39, 0.29) is 5.91 Å². The van der Waals surface area contributed by atoms with Crippen LogP contribution in [0.25, 0.3) is 0 Å². The van der Waals surface area contributed by atoms with Crippen LogP contribution in [0.15, 0.2) is 46.9 Å². The van der Waals surface area contributed by atoms with Crippen LogP contribution in [0.1, 0.15) is 36.7 Å². The molecule has 0 saturated heterocycles. The van der Waals surface area contributed by atoms with E-state index in [4.69, 9.17) is 4.74 Å². The molecule has 0 unspecified atom stereocenters. The molecule has 0 aliphatic rings. The normalized spacial score (nSPS) is 10.7. The fraction of sp³-hybridized carbons (Fsp3) is 0.300. The van der Waals surface area contributed by atoms with Gasteiger partial charge in [-0.25, -0.2) is 4.79 Å². The minimum Gasteiger partial charge on any atom is -0.422 e. The number of esters is 1. The predicted octanol–water partition coefficient (Wildman–Crippen LogP) is 3.05. The van der Waals surface area contributed by atoms with Crippen LogP contribution >= 0.6 is 15.9 Å². The summed E-state index contributed by atoms with van der Waals surface area (Å²) in [5.41, 5.74) is 2.07. The summed E-state index contributed by atoms with van der Waals surface area (Å²) in [6.45, 7) is 8.33. The van der Waals surface area contributed by atoms with Crippen molar-refractivity contribution in [2.24, 2.45) is 0 Å². The van der Waals surface area contributed by atoms with E-state index in [2.05, 4.69) is 35.1 Å². The Bertz CT molecular complexity index is 771. The molecule has 0 fully saturated rings. The van der Waals surface area contributed by atoms with Gasteiger partial charge in [-0.15, -0.1) is 0 Å². The Morgan fingerprint density at radius 1 is 1.08 bits per heavy atom. The Morgan fingerprint density at radius 2 is 1.73 bits per heavy atom. The largest absolute Gasteiger partial charge is 0.422 e. The first-order valence-corrected chi connectivity index (χ1v) is 9.44. The first-order chi connectivity index (χ1) is 12.4. The molecule has 0 spiro atoms. The Morgan fingerprint density at radius 3 is 2.31 bits per heavy atom. The lowest BCUT2D eigenvalue weighted by Crippen LogP contribution is -3.10. The number of hydrogen-bond acceptors (Lipinski definition) is 3. The maximum atomic E-state index is 12.5. The molecule has 0 aliphatic carbocycles. The molecule has 2 N–H and O–H groups in total. The highest BCUT2D eigenvalue weighted by Gasteiger charge is 2.16. The lowest BCUT2D eigenvalue weighted by atomic mass is 10.1. The Hall–Kier alpha value is -2.18. The highest BCUT2D eigenvalue weighted by molar-refractivity contribution is 9.10. The van der Waals surface area contributed by atoms with E-state index in [0.29, 0.717) is 23.5 Å². The van der Waals surface area contributed by atoms with Gasteiger partial charge in [-0.1, -0.05) is 15.9 Å². The molecule has 2 aromatic rings. The molecule has 0 saturated carbocycles. The zero-order valence-electron chi connectivity index (χ0n) is 15.3. The number of carbonyl (C=O) groups excluding carboxylic acids is 2. The first kappa shape index (κ1) is 20.1. The molecule has 2 aromatic carbocycles. The van der Waals surface area contributed by atoms with Gasteiger partial charge in [-0.2, -0.15) is 0 Å². The van der Waals surface area contributed by atoms with Crippen LogP contribution in [0, 0.1) is 0 Å². The second-order valence-corrected chi connectivity index (χ2v) is 6.95. The molecule has 0 radical (unpaired) electrons. The van der Waals surface area contributed by atoms with Crippen molar-refractivity contribution in [3.05, 3.63) is 58.1 Å². The van der Waals surface area contributed by atoms with Crippen molar-refractivity contribution in [3.8, 4) is 5.75 Å². The number of rotatable bonds is 7. The average Bonchev–Trinajstić information content (AvgIpc) is 2.61. The molecule has 138 valence electrons. The first-order valence-electron chi connectivity index (χ1n) is 8.64. The number of quaternary nitrogens is 1. The van der Waals surface area contributed by atoms with Gasteiger partial charge in [0, 0.05) is 17.1 Å². The van der Waals surface area contributed by atoms with Crippen LogP contribution in [0.3, 0.4) is 0 Å². The van der Waals surface area contributed by atoms with Crippen molar-refractivity contribution in [1.29, 1.82) is 0 Å². The van der Waals surface area contributed by atoms with Crippen LogP contribution < -0.4 is 15.0 Å². The fourth-order valence-corrected chi connectivity index (χ4v) is 2.88. The monoisotopic (exact) mass is 419 g/mol. The van der Waals surface area contributed by atoms with Crippen molar-refractivity contribution in [2.75, 3.05) is 18.4 Å². The Kier molecular flexibility index (Phi) is 7.36. The smallest absolute Gasteiger partial charge is 0.343 e. The van der Waals surface area contributed by atoms with Gasteiger partial charge >= 0.3 is 5.97 Å². The van der Waals surface area contributed by atoms with Crippen molar-refractivity contribution in [3.63, 3.8) is 0 Å². The van der Waals surface area contributed by atoms with Gasteiger partial charge in [0.1, 0.15) is 12.3 Å². The maximum absolute atomic E-state index is 12.5. The number of amides is 1. The SMILES string of the molecule is CC[NH+](CC)Cc1cc(NC(C)=O)ccc1OC(=O)c1ccc(Br)cc1. The number of benzene rings is 2. The molecule has 0 atom stereocenters. The molecule has 0 heterocycles. The second kappa shape index (κ2) is 9.50. The van der Waals surface area contributed by atoms with E-state index >= 15 is 0 Å². The number of halogens is 1. The summed E-state index contributed by atoms with van der Waals surface area (Å²) in [7, 11) is 0. The summed E-state index contributed by atoms with van der Waals surface area (Å²) in [4.78, 5) is 25.1. The van der Waals surface area contributed by atoms with E-state index in [9.17, 15) is 9.59 Å². The van der Waals surface area contributed by atoms with Crippen molar-refractivity contribution >= 4 is 33.5 Å². The fourth-order valence-electron chi connectivity index (χ4n) is 2.61.